The van der Waals surface area contributed by atoms with Crippen LogP contribution in [0, 0.1) is 5.82 Å². The Morgan fingerprint density at radius 3 is 2.56 bits per heavy atom. The zero-order valence-corrected chi connectivity index (χ0v) is 14.4. The Hall–Kier alpha value is -2.73. The summed E-state index contributed by atoms with van der Waals surface area (Å²) in [5.41, 5.74) is 2.37. The van der Waals surface area contributed by atoms with Gasteiger partial charge in [0.05, 0.1) is 17.4 Å². The molecule has 25 heavy (non-hydrogen) atoms. The Morgan fingerprint density at radius 2 is 1.88 bits per heavy atom. The number of pyridine rings is 1. The van der Waals surface area contributed by atoms with Crippen molar-refractivity contribution in [2.45, 2.75) is 12.1 Å². The lowest BCUT2D eigenvalue weighted by Crippen LogP contribution is -2.30. The summed E-state index contributed by atoms with van der Waals surface area (Å²) in [6, 6.07) is 16.1. The normalized spacial score (nSPS) is 19.9. The number of hydrogen-bond donors (Lipinski definition) is 1. The van der Waals surface area contributed by atoms with Crippen molar-refractivity contribution in [3.05, 3.63) is 84.2 Å². The van der Waals surface area contributed by atoms with Gasteiger partial charge in [0.15, 0.2) is 5.11 Å². The second-order valence-electron chi connectivity index (χ2n) is 5.99. The summed E-state index contributed by atoms with van der Waals surface area (Å²) in [6.07, 6.45) is 3.74. The van der Waals surface area contributed by atoms with E-state index in [9.17, 15) is 4.39 Å². The van der Waals surface area contributed by atoms with Gasteiger partial charge in [-0.3, -0.25) is 4.98 Å². The quantitative estimate of drug-likeness (QED) is 0.728. The van der Waals surface area contributed by atoms with E-state index in [-0.39, 0.29) is 17.9 Å². The first-order valence-corrected chi connectivity index (χ1v) is 8.44. The molecule has 4 rings (SSSR count). The van der Waals surface area contributed by atoms with E-state index in [4.69, 9.17) is 12.2 Å². The van der Waals surface area contributed by atoms with Gasteiger partial charge in [-0.05, 0) is 48.6 Å². The van der Waals surface area contributed by atoms with Crippen molar-refractivity contribution >= 4 is 23.0 Å². The third kappa shape index (κ3) is 2.68. The summed E-state index contributed by atoms with van der Waals surface area (Å²) in [5, 5.41) is 3.82. The van der Waals surface area contributed by atoms with E-state index < -0.39 is 0 Å². The summed E-state index contributed by atoms with van der Waals surface area (Å²) in [5.74, 6) is -0.299. The number of para-hydroxylation sites is 1. The zero-order chi connectivity index (χ0) is 17.4. The van der Waals surface area contributed by atoms with Gasteiger partial charge in [0.25, 0.3) is 0 Å². The summed E-state index contributed by atoms with van der Waals surface area (Å²) in [7, 11) is 1.98. The maximum absolute atomic E-state index is 14.5. The van der Waals surface area contributed by atoms with Gasteiger partial charge in [-0.25, -0.2) is 4.39 Å². The minimum atomic E-state index is -0.299. The second-order valence-corrected chi connectivity index (χ2v) is 6.38. The van der Waals surface area contributed by atoms with Crippen LogP contribution in [0.5, 0.6) is 0 Å². The Kier molecular flexibility index (Phi) is 3.97. The minimum Gasteiger partial charge on any atom is -0.353 e. The lowest BCUT2D eigenvalue weighted by atomic mass is 10.0. The molecular weight excluding hydrogens is 335 g/mol. The molecule has 1 aliphatic heterocycles. The van der Waals surface area contributed by atoms with Gasteiger partial charge in [0.1, 0.15) is 11.9 Å². The van der Waals surface area contributed by atoms with E-state index in [1.165, 1.54) is 6.07 Å². The molecule has 0 unspecified atom stereocenters. The number of benzene rings is 1. The van der Waals surface area contributed by atoms with Crippen molar-refractivity contribution in [1.29, 1.82) is 0 Å². The Labute approximate surface area is 150 Å². The molecule has 1 aromatic carbocycles. The number of nitrogens with zero attached hydrogens (tertiary/aromatic N) is 3. The van der Waals surface area contributed by atoms with Gasteiger partial charge < -0.3 is 14.8 Å². The Bertz CT molecular complexity index is 909. The largest absolute Gasteiger partial charge is 0.353 e. The van der Waals surface area contributed by atoms with Crippen LogP contribution < -0.4 is 10.2 Å². The van der Waals surface area contributed by atoms with Crippen molar-refractivity contribution in [3.63, 3.8) is 0 Å². The summed E-state index contributed by atoms with van der Waals surface area (Å²) >= 11 is 5.56. The van der Waals surface area contributed by atoms with Gasteiger partial charge in [0.2, 0.25) is 0 Å². The molecule has 1 N–H and O–H groups in total. The van der Waals surface area contributed by atoms with Crippen LogP contribution in [0.25, 0.3) is 0 Å². The molecule has 2 aromatic heterocycles. The molecule has 1 fully saturated rings. The molecule has 0 bridgehead atoms. The van der Waals surface area contributed by atoms with E-state index in [0.29, 0.717) is 10.8 Å². The zero-order valence-electron chi connectivity index (χ0n) is 13.6. The molecular formula is C19H17FN4S. The first-order chi connectivity index (χ1) is 12.2. The van der Waals surface area contributed by atoms with Crippen LogP contribution in [0.3, 0.4) is 0 Å². The molecule has 126 valence electrons. The van der Waals surface area contributed by atoms with Crippen LogP contribution in [0.2, 0.25) is 0 Å². The fourth-order valence-corrected chi connectivity index (χ4v) is 3.68. The number of thiocarbonyl (C=S) groups is 1. The lowest BCUT2D eigenvalue weighted by molar-refractivity contribution is 0.534. The van der Waals surface area contributed by atoms with E-state index in [1.54, 1.807) is 18.3 Å². The van der Waals surface area contributed by atoms with E-state index in [1.807, 2.05) is 59.1 Å². The fraction of sp³-hybridized carbons (Fsp3) is 0.158. The number of nitrogens with one attached hydrogen (secondary N) is 1. The van der Waals surface area contributed by atoms with Crippen LogP contribution >= 0.6 is 12.2 Å². The van der Waals surface area contributed by atoms with Gasteiger partial charge in [-0.1, -0.05) is 18.2 Å². The van der Waals surface area contributed by atoms with Crippen molar-refractivity contribution in [2.24, 2.45) is 7.05 Å². The van der Waals surface area contributed by atoms with E-state index in [0.717, 1.165) is 11.4 Å². The number of anilines is 1. The molecule has 0 saturated carbocycles. The smallest absolute Gasteiger partial charge is 0.174 e. The molecule has 1 saturated heterocycles. The Balaban J connectivity index is 1.87. The fourth-order valence-electron chi connectivity index (χ4n) is 3.34. The summed E-state index contributed by atoms with van der Waals surface area (Å²) in [4.78, 5) is 6.33. The van der Waals surface area contributed by atoms with Gasteiger partial charge in [-0.15, -0.1) is 0 Å². The molecule has 2 atom stereocenters. The lowest BCUT2D eigenvalue weighted by Gasteiger charge is -2.28. The van der Waals surface area contributed by atoms with Crippen molar-refractivity contribution in [1.82, 2.24) is 14.9 Å². The summed E-state index contributed by atoms with van der Waals surface area (Å²) < 4.78 is 16.5. The van der Waals surface area contributed by atoms with E-state index >= 15 is 0 Å². The van der Waals surface area contributed by atoms with Crippen LogP contribution in [0.1, 0.15) is 23.5 Å². The standard InChI is InChI=1S/C19H17FN4S/c1-23-12-6-10-16(23)18-17(14-8-4-5-11-21-14)22-19(25)24(18)15-9-3-2-7-13(15)20/h2-12,17-18H,1H3,(H,22,25)/t17-,18+/m0/s1. The van der Waals surface area contributed by atoms with Gasteiger partial charge in [-0.2, -0.15) is 0 Å². The highest BCUT2D eigenvalue weighted by atomic mass is 32.1. The molecule has 3 aromatic rings. The van der Waals surface area contributed by atoms with Crippen molar-refractivity contribution in [2.75, 3.05) is 4.90 Å². The third-order valence-corrected chi connectivity index (χ3v) is 4.81. The molecule has 0 radical (unpaired) electrons. The number of aryl methyl sites for hydroxylation is 1. The molecule has 6 heteroatoms. The monoisotopic (exact) mass is 352 g/mol. The van der Waals surface area contributed by atoms with Crippen molar-refractivity contribution < 1.29 is 4.39 Å². The molecule has 0 spiro atoms. The molecule has 0 aliphatic carbocycles. The first-order valence-electron chi connectivity index (χ1n) is 8.03. The van der Waals surface area contributed by atoms with Crippen LogP contribution in [-0.4, -0.2) is 14.7 Å². The highest BCUT2D eigenvalue weighted by Crippen LogP contribution is 2.41. The first kappa shape index (κ1) is 15.8. The highest BCUT2D eigenvalue weighted by Gasteiger charge is 2.42. The predicted octanol–water partition coefficient (Wildman–Crippen LogP) is 3.74. The average molecular weight is 352 g/mol. The average Bonchev–Trinajstić information content (AvgIpc) is 3.19. The predicted molar refractivity (Wildman–Crippen MR) is 99.7 cm³/mol. The number of halogens is 1. The topological polar surface area (TPSA) is 33.1 Å². The molecule has 3 heterocycles. The maximum atomic E-state index is 14.5. The maximum Gasteiger partial charge on any atom is 0.174 e. The highest BCUT2D eigenvalue weighted by molar-refractivity contribution is 7.80. The molecule has 1 aliphatic rings. The molecule has 4 nitrogen and oxygen atoms in total. The SMILES string of the molecule is Cn1cccc1[C@@H]1[C@H](c2ccccn2)NC(=S)N1c1ccccc1F. The minimum absolute atomic E-state index is 0.165. The third-order valence-electron chi connectivity index (χ3n) is 4.50. The van der Waals surface area contributed by atoms with Crippen LogP contribution in [0.4, 0.5) is 10.1 Å². The second kappa shape index (κ2) is 6.29. The van der Waals surface area contributed by atoms with Gasteiger partial charge >= 0.3 is 0 Å². The number of aromatic nitrogens is 2. The Morgan fingerprint density at radius 1 is 1.08 bits per heavy atom. The summed E-state index contributed by atoms with van der Waals surface area (Å²) in [6.45, 7) is 0. The van der Waals surface area contributed by atoms with Crippen LogP contribution in [0.15, 0.2) is 67.0 Å². The van der Waals surface area contributed by atoms with Gasteiger partial charge in [0, 0.05) is 25.1 Å². The van der Waals surface area contributed by atoms with Crippen molar-refractivity contribution in [3.8, 4) is 0 Å². The van der Waals surface area contributed by atoms with Crippen LogP contribution in [-0.2, 0) is 7.05 Å². The number of rotatable bonds is 3. The van der Waals surface area contributed by atoms with E-state index in [2.05, 4.69) is 10.3 Å². The number of hydrogen-bond acceptors (Lipinski definition) is 2. The molecule has 0 amide bonds.